The fraction of sp³-hybridized carbons (Fsp3) is 0.150. The second-order valence-corrected chi connectivity index (χ2v) is 9.42. The smallest absolute Gasteiger partial charge is 0.325 e. The number of benzene rings is 2. The summed E-state index contributed by atoms with van der Waals surface area (Å²) in [5.74, 6) is -1.03. The Balaban J connectivity index is 1.66. The van der Waals surface area contributed by atoms with Crippen molar-refractivity contribution >= 4 is 86.7 Å². The maximum absolute atomic E-state index is 12.9. The van der Waals surface area contributed by atoms with E-state index in [1.807, 2.05) is 0 Å². The molecule has 2 amide bonds. The summed E-state index contributed by atoms with van der Waals surface area (Å²) >= 11 is 24.2. The average Bonchev–Trinajstić information content (AvgIpc) is 2.96. The zero-order valence-electron chi connectivity index (χ0n) is 15.8. The molecule has 12 heteroatoms. The van der Waals surface area contributed by atoms with Crippen molar-refractivity contribution in [1.82, 2.24) is 4.90 Å². The van der Waals surface area contributed by atoms with Gasteiger partial charge in [0.1, 0.15) is 4.32 Å². The molecule has 1 fully saturated rings. The Morgan fingerprint density at radius 3 is 2.50 bits per heavy atom. The van der Waals surface area contributed by atoms with Crippen LogP contribution in [0.5, 0.6) is 0 Å². The first-order valence-electron chi connectivity index (χ1n) is 8.82. The molecule has 2 aromatic carbocycles. The lowest BCUT2D eigenvalue weighted by Crippen LogP contribution is -2.31. The predicted octanol–water partition coefficient (Wildman–Crippen LogP) is 6.90. The summed E-state index contributed by atoms with van der Waals surface area (Å²) in [6.07, 6.45) is -3.21. The largest absolute Gasteiger partial charge is 0.416 e. The zero-order chi connectivity index (χ0) is 23.6. The van der Waals surface area contributed by atoms with Crippen LogP contribution < -0.4 is 5.32 Å². The molecule has 1 aliphatic heterocycles. The number of amides is 2. The van der Waals surface area contributed by atoms with Crippen LogP contribution in [0.25, 0.3) is 6.08 Å². The third-order valence-electron chi connectivity index (χ3n) is 4.25. The molecule has 2 aromatic rings. The van der Waals surface area contributed by atoms with E-state index >= 15 is 0 Å². The highest BCUT2D eigenvalue weighted by molar-refractivity contribution is 8.26. The van der Waals surface area contributed by atoms with E-state index in [1.54, 1.807) is 24.3 Å². The van der Waals surface area contributed by atoms with Crippen LogP contribution >= 0.6 is 58.8 Å². The molecule has 1 aliphatic rings. The molecule has 4 nitrogen and oxygen atoms in total. The summed E-state index contributed by atoms with van der Waals surface area (Å²) in [7, 11) is 0. The number of hydrogen-bond donors (Lipinski definition) is 1. The number of carbonyl (C=O) groups is 2. The Hall–Kier alpha value is -1.78. The van der Waals surface area contributed by atoms with Gasteiger partial charge in [-0.3, -0.25) is 14.5 Å². The minimum absolute atomic E-state index is 0.0419. The standard InChI is InChI=1S/C20H12Cl3F3N2O2S2/c21-12-3-1-10(14(23)9-12)7-16-18(30)28(19(31)32-16)6-5-17(29)27-15-8-11(20(24,25)26)2-4-13(15)22/h1-4,7-9H,5-6H2,(H,27,29)/b16-7-. The fourth-order valence-electron chi connectivity index (χ4n) is 2.68. The van der Waals surface area contributed by atoms with Gasteiger partial charge in [0.25, 0.3) is 5.91 Å². The van der Waals surface area contributed by atoms with Gasteiger partial charge in [-0.15, -0.1) is 0 Å². The third-order valence-corrected chi connectivity index (χ3v) is 6.52. The molecule has 168 valence electrons. The third kappa shape index (κ3) is 5.96. The van der Waals surface area contributed by atoms with Crippen LogP contribution in [0.3, 0.4) is 0 Å². The molecule has 0 unspecified atom stereocenters. The van der Waals surface area contributed by atoms with Gasteiger partial charge in [-0.2, -0.15) is 13.2 Å². The van der Waals surface area contributed by atoms with E-state index in [9.17, 15) is 22.8 Å². The molecule has 0 atom stereocenters. The first kappa shape index (κ1) is 24.9. The Morgan fingerprint density at radius 2 is 1.84 bits per heavy atom. The minimum atomic E-state index is -4.58. The van der Waals surface area contributed by atoms with Gasteiger partial charge in [0.05, 0.1) is 21.2 Å². The number of halogens is 6. The van der Waals surface area contributed by atoms with Gasteiger partial charge in [0, 0.05) is 23.0 Å². The van der Waals surface area contributed by atoms with Crippen molar-refractivity contribution in [3.05, 3.63) is 67.5 Å². The molecule has 0 radical (unpaired) electrons. The molecular formula is C20H12Cl3F3N2O2S2. The van der Waals surface area contributed by atoms with Crippen LogP contribution in [0, 0.1) is 0 Å². The van der Waals surface area contributed by atoms with Gasteiger partial charge in [0.15, 0.2) is 0 Å². The summed E-state index contributed by atoms with van der Waals surface area (Å²) in [6.45, 7) is -0.0568. The van der Waals surface area contributed by atoms with Crippen molar-refractivity contribution in [2.24, 2.45) is 0 Å². The second-order valence-electron chi connectivity index (χ2n) is 6.49. The van der Waals surface area contributed by atoms with Crippen molar-refractivity contribution in [3.8, 4) is 0 Å². The monoisotopic (exact) mass is 538 g/mol. The minimum Gasteiger partial charge on any atom is -0.325 e. The van der Waals surface area contributed by atoms with Gasteiger partial charge in [-0.05, 0) is 42.0 Å². The van der Waals surface area contributed by atoms with E-state index < -0.39 is 23.6 Å². The molecule has 32 heavy (non-hydrogen) atoms. The summed E-state index contributed by atoms with van der Waals surface area (Å²) in [4.78, 5) is 26.5. The van der Waals surface area contributed by atoms with Crippen LogP contribution in [-0.2, 0) is 15.8 Å². The molecular weight excluding hydrogens is 528 g/mol. The van der Waals surface area contributed by atoms with E-state index in [-0.39, 0.29) is 28.0 Å². The summed E-state index contributed by atoms with van der Waals surface area (Å²) in [5.41, 5.74) is -0.539. The van der Waals surface area contributed by atoms with E-state index in [2.05, 4.69) is 5.32 Å². The Bertz CT molecular complexity index is 1140. The summed E-state index contributed by atoms with van der Waals surface area (Å²) < 4.78 is 38.9. The quantitative estimate of drug-likeness (QED) is 0.332. The Morgan fingerprint density at radius 1 is 1.12 bits per heavy atom. The summed E-state index contributed by atoms with van der Waals surface area (Å²) in [5, 5.41) is 3.11. The van der Waals surface area contributed by atoms with Crippen LogP contribution in [0.15, 0.2) is 41.3 Å². The lowest BCUT2D eigenvalue weighted by molar-refractivity contribution is -0.137. The molecule has 1 saturated heterocycles. The number of hydrogen-bond acceptors (Lipinski definition) is 4. The molecule has 1 N–H and O–H groups in total. The van der Waals surface area contributed by atoms with E-state index in [0.717, 1.165) is 30.0 Å². The van der Waals surface area contributed by atoms with Gasteiger partial charge in [-0.1, -0.05) is 64.8 Å². The average molecular weight is 540 g/mol. The van der Waals surface area contributed by atoms with Crippen LogP contribution in [0.4, 0.5) is 18.9 Å². The molecule has 0 aromatic heterocycles. The number of rotatable bonds is 5. The second kappa shape index (κ2) is 10.0. The fourth-order valence-corrected chi connectivity index (χ4v) is 4.60. The molecule has 0 aliphatic carbocycles. The molecule has 0 saturated carbocycles. The van der Waals surface area contributed by atoms with Crippen molar-refractivity contribution < 1.29 is 22.8 Å². The summed E-state index contributed by atoms with van der Waals surface area (Å²) in [6, 6.07) is 7.44. The number of nitrogens with zero attached hydrogens (tertiary/aromatic N) is 1. The van der Waals surface area contributed by atoms with E-state index in [4.69, 9.17) is 47.0 Å². The van der Waals surface area contributed by atoms with Crippen molar-refractivity contribution in [2.45, 2.75) is 12.6 Å². The van der Waals surface area contributed by atoms with E-state index in [1.165, 1.54) is 4.90 Å². The lowest BCUT2D eigenvalue weighted by Gasteiger charge is -2.15. The van der Waals surface area contributed by atoms with Gasteiger partial charge >= 0.3 is 6.18 Å². The number of anilines is 1. The molecule has 1 heterocycles. The number of thiocarbonyl (C=S) groups is 1. The molecule has 0 spiro atoms. The van der Waals surface area contributed by atoms with Crippen LogP contribution in [0.1, 0.15) is 17.5 Å². The maximum atomic E-state index is 12.9. The zero-order valence-corrected chi connectivity index (χ0v) is 19.7. The highest BCUT2D eigenvalue weighted by atomic mass is 35.5. The lowest BCUT2D eigenvalue weighted by atomic mass is 10.2. The van der Waals surface area contributed by atoms with Crippen LogP contribution in [-0.4, -0.2) is 27.6 Å². The van der Waals surface area contributed by atoms with Crippen molar-refractivity contribution in [1.29, 1.82) is 0 Å². The molecule has 3 rings (SSSR count). The maximum Gasteiger partial charge on any atom is 0.416 e. The van der Waals surface area contributed by atoms with Crippen LogP contribution in [0.2, 0.25) is 15.1 Å². The Labute approximate surface area is 205 Å². The number of thioether (sulfide) groups is 1. The van der Waals surface area contributed by atoms with Crippen molar-refractivity contribution in [2.75, 3.05) is 11.9 Å². The van der Waals surface area contributed by atoms with Gasteiger partial charge < -0.3 is 5.32 Å². The highest BCUT2D eigenvalue weighted by Gasteiger charge is 2.33. The van der Waals surface area contributed by atoms with Gasteiger partial charge in [-0.25, -0.2) is 0 Å². The topological polar surface area (TPSA) is 49.4 Å². The highest BCUT2D eigenvalue weighted by Crippen LogP contribution is 2.35. The molecule has 0 bridgehead atoms. The number of carbonyl (C=O) groups excluding carboxylic acids is 2. The number of alkyl halides is 3. The SMILES string of the molecule is O=C(CCN1C(=O)/C(=C/c2ccc(Cl)cc2Cl)SC1=S)Nc1cc(C(F)(F)F)ccc1Cl. The van der Waals surface area contributed by atoms with Crippen molar-refractivity contribution in [3.63, 3.8) is 0 Å². The predicted molar refractivity (Wildman–Crippen MR) is 126 cm³/mol. The number of nitrogens with one attached hydrogen (secondary N) is 1. The normalized spacial score (nSPS) is 15.6. The van der Waals surface area contributed by atoms with Gasteiger partial charge in [0.2, 0.25) is 5.91 Å². The Kier molecular flexibility index (Phi) is 7.77. The van der Waals surface area contributed by atoms with E-state index in [0.29, 0.717) is 20.5 Å². The first-order valence-corrected chi connectivity index (χ1v) is 11.2. The first-order chi connectivity index (χ1) is 15.0.